The third-order valence-electron chi connectivity index (χ3n) is 5.57. The summed E-state index contributed by atoms with van der Waals surface area (Å²) in [5.74, 6) is -0.0719. The fourth-order valence-electron chi connectivity index (χ4n) is 3.98. The molecule has 1 aliphatic heterocycles. The van der Waals surface area contributed by atoms with Crippen LogP contribution in [0, 0.1) is 11.3 Å². The molecule has 3 aromatic rings. The minimum Gasteiger partial charge on any atom is -0.381 e. The number of hydrogen-bond donors (Lipinski definition) is 0. The van der Waals surface area contributed by atoms with Crippen LogP contribution in [-0.4, -0.2) is 51.4 Å². The molecule has 30 heavy (non-hydrogen) atoms. The molecule has 0 bridgehead atoms. The van der Waals surface area contributed by atoms with E-state index < -0.39 is 0 Å². The molecule has 0 unspecified atom stereocenters. The number of nitrogens with zero attached hydrogens (tertiary/aromatic N) is 5. The molecule has 1 saturated heterocycles. The van der Waals surface area contributed by atoms with Crippen LogP contribution in [-0.2, 0) is 11.3 Å². The van der Waals surface area contributed by atoms with Gasteiger partial charge in [0.2, 0.25) is 0 Å². The fourth-order valence-corrected chi connectivity index (χ4v) is 3.98. The number of ether oxygens (including phenoxy) is 1. The van der Waals surface area contributed by atoms with Crippen molar-refractivity contribution >= 4 is 16.9 Å². The first-order valence-corrected chi connectivity index (χ1v) is 10.4. The van der Waals surface area contributed by atoms with Crippen molar-refractivity contribution in [3.63, 3.8) is 0 Å². The Balaban J connectivity index is 1.81. The van der Waals surface area contributed by atoms with E-state index in [2.05, 4.69) is 11.2 Å². The maximum Gasteiger partial charge on any atom is 0.255 e. The molecule has 0 spiro atoms. The molecular weight excluding hydrogens is 378 g/mol. The average Bonchev–Trinajstić information content (AvgIpc) is 3.23. The SMILES string of the molecule is CCn1ncc2c(C(=O)N(CCC#N)C3CCOCC3)cc(-c3ccccc3)nc21. The summed E-state index contributed by atoms with van der Waals surface area (Å²) in [6, 6.07) is 14.0. The van der Waals surface area contributed by atoms with E-state index in [9.17, 15) is 4.79 Å². The number of carbonyl (C=O) groups is 1. The molecule has 3 heterocycles. The van der Waals surface area contributed by atoms with Crippen molar-refractivity contribution in [2.45, 2.75) is 38.8 Å². The molecule has 7 nitrogen and oxygen atoms in total. The van der Waals surface area contributed by atoms with E-state index in [0.29, 0.717) is 43.9 Å². The highest BCUT2D eigenvalue weighted by Gasteiger charge is 2.28. The number of hydrogen-bond acceptors (Lipinski definition) is 5. The molecule has 0 N–H and O–H groups in total. The molecule has 7 heteroatoms. The van der Waals surface area contributed by atoms with Crippen molar-refractivity contribution in [1.29, 1.82) is 5.26 Å². The minimum absolute atomic E-state index is 0.0719. The highest BCUT2D eigenvalue weighted by Crippen LogP contribution is 2.27. The van der Waals surface area contributed by atoms with Crippen LogP contribution in [0.2, 0.25) is 0 Å². The zero-order valence-corrected chi connectivity index (χ0v) is 17.1. The topological polar surface area (TPSA) is 84.0 Å². The van der Waals surface area contributed by atoms with Crippen molar-refractivity contribution < 1.29 is 9.53 Å². The first-order chi connectivity index (χ1) is 14.7. The standard InChI is InChI=1S/C23H25N5O2/c1-2-28-22-20(16-25-28)19(15-21(26-22)17-7-4-3-5-8-17)23(29)27(12-6-11-24)18-9-13-30-14-10-18/h3-5,7-8,15-16,18H,2,6,9-10,12-14H2,1H3. The molecule has 0 saturated carbocycles. The quantitative estimate of drug-likeness (QED) is 0.627. The van der Waals surface area contributed by atoms with E-state index in [1.165, 1.54) is 0 Å². The van der Waals surface area contributed by atoms with Crippen molar-refractivity contribution in [3.8, 4) is 17.3 Å². The minimum atomic E-state index is -0.0719. The number of aryl methyl sites for hydroxylation is 1. The number of aromatic nitrogens is 3. The zero-order chi connectivity index (χ0) is 20.9. The Morgan fingerprint density at radius 3 is 2.77 bits per heavy atom. The zero-order valence-electron chi connectivity index (χ0n) is 17.1. The second-order valence-corrected chi connectivity index (χ2v) is 7.37. The van der Waals surface area contributed by atoms with Gasteiger partial charge in [0, 0.05) is 37.9 Å². The molecule has 0 radical (unpaired) electrons. The maximum atomic E-state index is 13.8. The smallest absolute Gasteiger partial charge is 0.255 e. The molecular formula is C23H25N5O2. The van der Waals surface area contributed by atoms with Crippen LogP contribution in [0.1, 0.15) is 36.5 Å². The van der Waals surface area contributed by atoms with Gasteiger partial charge in [-0.25, -0.2) is 9.67 Å². The lowest BCUT2D eigenvalue weighted by molar-refractivity contribution is 0.0297. The van der Waals surface area contributed by atoms with Crippen LogP contribution in [0.4, 0.5) is 0 Å². The number of nitriles is 1. The maximum absolute atomic E-state index is 13.8. The number of pyridine rings is 1. The Morgan fingerprint density at radius 1 is 1.30 bits per heavy atom. The summed E-state index contributed by atoms with van der Waals surface area (Å²) in [4.78, 5) is 20.4. The van der Waals surface area contributed by atoms with Gasteiger partial charge in [0.25, 0.3) is 5.91 Å². The number of benzene rings is 1. The Kier molecular flexibility index (Phi) is 6.05. The van der Waals surface area contributed by atoms with Gasteiger partial charge in [-0.2, -0.15) is 10.4 Å². The first-order valence-electron chi connectivity index (χ1n) is 10.4. The predicted octanol–water partition coefficient (Wildman–Crippen LogP) is 3.65. The van der Waals surface area contributed by atoms with Gasteiger partial charge >= 0.3 is 0 Å². The van der Waals surface area contributed by atoms with E-state index >= 15 is 0 Å². The number of rotatable bonds is 6. The Morgan fingerprint density at radius 2 is 2.07 bits per heavy atom. The summed E-state index contributed by atoms with van der Waals surface area (Å²) in [5.41, 5.74) is 2.98. The Labute approximate surface area is 175 Å². The van der Waals surface area contributed by atoms with Crippen LogP contribution >= 0.6 is 0 Å². The van der Waals surface area contributed by atoms with E-state index in [0.717, 1.165) is 29.5 Å². The second kappa shape index (κ2) is 9.06. The van der Waals surface area contributed by atoms with Gasteiger partial charge in [-0.05, 0) is 25.8 Å². The highest BCUT2D eigenvalue weighted by molar-refractivity contribution is 6.06. The van der Waals surface area contributed by atoms with Gasteiger partial charge in [0.1, 0.15) is 0 Å². The number of amides is 1. The molecule has 154 valence electrons. The molecule has 0 aliphatic carbocycles. The van der Waals surface area contributed by atoms with Gasteiger partial charge < -0.3 is 9.64 Å². The Bertz CT molecular complexity index is 1060. The van der Waals surface area contributed by atoms with E-state index in [1.54, 1.807) is 6.20 Å². The van der Waals surface area contributed by atoms with Crippen LogP contribution in [0.5, 0.6) is 0 Å². The second-order valence-electron chi connectivity index (χ2n) is 7.37. The summed E-state index contributed by atoms with van der Waals surface area (Å²) in [6.07, 6.45) is 3.59. The van der Waals surface area contributed by atoms with Crippen LogP contribution in [0.15, 0.2) is 42.6 Å². The van der Waals surface area contributed by atoms with Crippen LogP contribution in [0.3, 0.4) is 0 Å². The molecule has 1 aromatic carbocycles. The Hall–Kier alpha value is -3.24. The molecule has 2 aromatic heterocycles. The van der Waals surface area contributed by atoms with Gasteiger partial charge in [-0.1, -0.05) is 30.3 Å². The highest BCUT2D eigenvalue weighted by atomic mass is 16.5. The lowest BCUT2D eigenvalue weighted by Gasteiger charge is -2.34. The summed E-state index contributed by atoms with van der Waals surface area (Å²) >= 11 is 0. The predicted molar refractivity (Wildman–Crippen MR) is 114 cm³/mol. The largest absolute Gasteiger partial charge is 0.381 e. The van der Waals surface area contributed by atoms with Crippen molar-refractivity contribution in [1.82, 2.24) is 19.7 Å². The number of carbonyl (C=O) groups excluding carboxylic acids is 1. The summed E-state index contributed by atoms with van der Waals surface area (Å²) in [5, 5.41) is 14.3. The average molecular weight is 403 g/mol. The monoisotopic (exact) mass is 403 g/mol. The van der Waals surface area contributed by atoms with Crippen LogP contribution in [0.25, 0.3) is 22.3 Å². The van der Waals surface area contributed by atoms with Crippen molar-refractivity contribution in [2.75, 3.05) is 19.8 Å². The molecule has 4 rings (SSSR count). The summed E-state index contributed by atoms with van der Waals surface area (Å²) < 4.78 is 7.29. The summed E-state index contributed by atoms with van der Waals surface area (Å²) in [6.45, 7) is 4.35. The fraction of sp³-hybridized carbons (Fsp3) is 0.391. The van der Waals surface area contributed by atoms with Gasteiger partial charge in [-0.15, -0.1) is 0 Å². The van der Waals surface area contributed by atoms with Gasteiger partial charge in [0.15, 0.2) is 5.65 Å². The normalized spacial score (nSPS) is 14.5. The van der Waals surface area contributed by atoms with E-state index in [-0.39, 0.29) is 11.9 Å². The van der Waals surface area contributed by atoms with Gasteiger partial charge in [0.05, 0.1) is 35.3 Å². The van der Waals surface area contributed by atoms with E-state index in [1.807, 2.05) is 52.9 Å². The first kappa shape index (κ1) is 20.0. The van der Waals surface area contributed by atoms with Crippen molar-refractivity contribution in [2.24, 2.45) is 0 Å². The van der Waals surface area contributed by atoms with Gasteiger partial charge in [-0.3, -0.25) is 4.79 Å². The third-order valence-corrected chi connectivity index (χ3v) is 5.57. The lowest BCUT2D eigenvalue weighted by Crippen LogP contribution is -2.44. The van der Waals surface area contributed by atoms with Crippen molar-refractivity contribution in [3.05, 3.63) is 48.2 Å². The summed E-state index contributed by atoms with van der Waals surface area (Å²) in [7, 11) is 0. The van der Waals surface area contributed by atoms with E-state index in [4.69, 9.17) is 15.0 Å². The lowest BCUT2D eigenvalue weighted by atomic mass is 10.0. The molecule has 1 fully saturated rings. The van der Waals surface area contributed by atoms with Crippen LogP contribution < -0.4 is 0 Å². The molecule has 1 amide bonds. The molecule has 0 atom stereocenters. The molecule has 1 aliphatic rings. The number of fused-ring (bicyclic) bond motifs is 1. The third kappa shape index (κ3) is 3.91.